The Labute approximate surface area is 238 Å². The first kappa shape index (κ1) is 28.3. The van der Waals surface area contributed by atoms with Gasteiger partial charge in [-0.1, -0.05) is 37.5 Å². The molecule has 5 nitrogen and oxygen atoms in total. The highest BCUT2D eigenvalue weighted by atomic mass is 19.1. The van der Waals surface area contributed by atoms with E-state index < -0.39 is 0 Å². The van der Waals surface area contributed by atoms with Gasteiger partial charge < -0.3 is 19.9 Å². The second-order valence-electron chi connectivity index (χ2n) is 11.2. The molecule has 0 amide bonds. The number of rotatable bonds is 10. The monoisotopic (exact) mass is 546 g/mol. The topological polar surface area (TPSA) is 54.0 Å². The van der Waals surface area contributed by atoms with Crippen LogP contribution >= 0.6 is 0 Å². The molecule has 3 aromatic rings. The zero-order valence-electron chi connectivity index (χ0n) is 23.8. The summed E-state index contributed by atoms with van der Waals surface area (Å²) in [6, 6.07) is 17.3. The molecule has 214 valence electrons. The van der Waals surface area contributed by atoms with E-state index in [4.69, 9.17) is 9.47 Å². The molecule has 1 atom stereocenters. The summed E-state index contributed by atoms with van der Waals surface area (Å²) in [4.78, 5) is 2.45. The van der Waals surface area contributed by atoms with E-state index in [-0.39, 0.29) is 5.82 Å². The summed E-state index contributed by atoms with van der Waals surface area (Å²) in [6.07, 6.45) is 10.1. The standard InChI is InChI=1S/C34H43FN2O3/c1-39-30-12-13-31(28-9-8-27-23-29(38)11-10-26(27)22-28)33(24-30)36-16-15-25-7-14-34(32(35)21-25)40-20-19-37-17-5-3-2-4-6-18-37/h7,10-14,21,23-24,28,36,38H,2-6,8-9,15-20,22H2,1H3. The molecule has 1 saturated heterocycles. The minimum Gasteiger partial charge on any atom is -0.508 e. The van der Waals surface area contributed by atoms with Gasteiger partial charge in [-0.25, -0.2) is 4.39 Å². The summed E-state index contributed by atoms with van der Waals surface area (Å²) >= 11 is 0. The Kier molecular flexibility index (Phi) is 9.82. The van der Waals surface area contributed by atoms with Crippen LogP contribution < -0.4 is 14.8 Å². The third-order valence-corrected chi connectivity index (χ3v) is 8.46. The predicted octanol–water partition coefficient (Wildman–Crippen LogP) is 7.11. The largest absolute Gasteiger partial charge is 0.508 e. The van der Waals surface area contributed by atoms with E-state index in [9.17, 15) is 9.50 Å². The Morgan fingerprint density at radius 3 is 2.58 bits per heavy atom. The number of methoxy groups -OCH3 is 1. The Bertz CT molecular complexity index is 1260. The van der Waals surface area contributed by atoms with Crippen molar-refractivity contribution in [2.75, 3.05) is 45.2 Å². The van der Waals surface area contributed by atoms with Gasteiger partial charge in [0, 0.05) is 24.8 Å². The summed E-state index contributed by atoms with van der Waals surface area (Å²) in [7, 11) is 1.68. The molecule has 1 heterocycles. The van der Waals surface area contributed by atoms with Crippen molar-refractivity contribution in [2.24, 2.45) is 0 Å². The van der Waals surface area contributed by atoms with E-state index in [1.165, 1.54) is 48.8 Å². The first-order valence-electron chi connectivity index (χ1n) is 14.9. The molecule has 0 spiro atoms. The number of phenolic OH excluding ortho intramolecular Hbond substituents is 1. The minimum absolute atomic E-state index is 0.292. The number of ether oxygens (including phenoxy) is 2. The van der Waals surface area contributed by atoms with E-state index in [1.54, 1.807) is 25.3 Å². The average molecular weight is 547 g/mol. The molecule has 1 unspecified atom stereocenters. The number of anilines is 1. The van der Waals surface area contributed by atoms with Crippen LogP contribution in [-0.2, 0) is 19.3 Å². The highest BCUT2D eigenvalue weighted by molar-refractivity contribution is 5.58. The molecule has 0 radical (unpaired) electrons. The summed E-state index contributed by atoms with van der Waals surface area (Å²) in [5.41, 5.74) is 5.82. The number of fused-ring (bicyclic) bond motifs is 1. The number of aromatic hydroxyl groups is 1. The first-order valence-corrected chi connectivity index (χ1v) is 14.9. The quantitative estimate of drug-likeness (QED) is 0.284. The average Bonchev–Trinajstić information content (AvgIpc) is 2.95. The maximum Gasteiger partial charge on any atom is 0.165 e. The van der Waals surface area contributed by atoms with Crippen molar-refractivity contribution in [3.8, 4) is 17.2 Å². The van der Waals surface area contributed by atoms with Gasteiger partial charge in [-0.05, 0) is 110 Å². The molecule has 0 aromatic heterocycles. The van der Waals surface area contributed by atoms with E-state index in [0.717, 1.165) is 55.9 Å². The van der Waals surface area contributed by atoms with Crippen molar-refractivity contribution in [1.82, 2.24) is 4.90 Å². The third-order valence-electron chi connectivity index (χ3n) is 8.46. The molecule has 6 heteroatoms. The van der Waals surface area contributed by atoms with Crippen LogP contribution in [0.4, 0.5) is 10.1 Å². The van der Waals surface area contributed by atoms with E-state index >= 15 is 0 Å². The number of nitrogens with zero attached hydrogens (tertiary/aromatic N) is 1. The lowest BCUT2D eigenvalue weighted by Crippen LogP contribution is -2.31. The third kappa shape index (κ3) is 7.48. The Hall–Kier alpha value is -3.25. The lowest BCUT2D eigenvalue weighted by atomic mass is 9.79. The van der Waals surface area contributed by atoms with E-state index in [2.05, 4.69) is 22.3 Å². The number of hydrogen-bond acceptors (Lipinski definition) is 5. The van der Waals surface area contributed by atoms with Gasteiger partial charge in [-0.3, -0.25) is 4.90 Å². The Balaban J connectivity index is 1.16. The maximum absolute atomic E-state index is 14.8. The first-order chi connectivity index (χ1) is 19.6. The molecular formula is C34H43FN2O3. The van der Waals surface area contributed by atoms with Gasteiger partial charge in [0.25, 0.3) is 0 Å². The molecule has 0 saturated carbocycles. The van der Waals surface area contributed by atoms with Crippen LogP contribution in [0.5, 0.6) is 17.2 Å². The lowest BCUT2D eigenvalue weighted by molar-refractivity contribution is 0.192. The number of halogens is 1. The number of benzene rings is 3. The normalized spacial score (nSPS) is 17.9. The second kappa shape index (κ2) is 13.9. The van der Waals surface area contributed by atoms with Crippen molar-refractivity contribution in [3.05, 3.63) is 82.7 Å². The van der Waals surface area contributed by atoms with Crippen molar-refractivity contribution in [3.63, 3.8) is 0 Å². The zero-order chi connectivity index (χ0) is 27.7. The highest BCUT2D eigenvalue weighted by Gasteiger charge is 2.23. The van der Waals surface area contributed by atoms with Gasteiger partial charge in [0.1, 0.15) is 18.1 Å². The molecule has 1 fully saturated rings. The Morgan fingerprint density at radius 1 is 0.950 bits per heavy atom. The van der Waals surface area contributed by atoms with Crippen LogP contribution in [0.3, 0.4) is 0 Å². The van der Waals surface area contributed by atoms with Crippen LogP contribution in [0.1, 0.15) is 66.7 Å². The summed E-state index contributed by atoms with van der Waals surface area (Å²) in [5.74, 6) is 1.58. The van der Waals surface area contributed by atoms with Crippen LogP contribution in [0.2, 0.25) is 0 Å². The molecular weight excluding hydrogens is 503 g/mol. The molecule has 0 bridgehead atoms. The molecule has 2 aliphatic rings. The van der Waals surface area contributed by atoms with Gasteiger partial charge in [0.15, 0.2) is 11.6 Å². The summed E-state index contributed by atoms with van der Waals surface area (Å²) in [6.45, 7) is 4.29. The molecule has 2 N–H and O–H groups in total. The molecule has 1 aliphatic heterocycles. The summed E-state index contributed by atoms with van der Waals surface area (Å²) in [5, 5.41) is 13.4. The predicted molar refractivity (Wildman–Crippen MR) is 159 cm³/mol. The van der Waals surface area contributed by atoms with Crippen molar-refractivity contribution in [2.45, 2.75) is 63.7 Å². The van der Waals surface area contributed by atoms with Crippen LogP contribution in [0.25, 0.3) is 0 Å². The fourth-order valence-electron chi connectivity index (χ4n) is 6.16. The number of nitrogens with one attached hydrogen (secondary N) is 1. The molecule has 3 aromatic carbocycles. The zero-order valence-corrected chi connectivity index (χ0v) is 23.8. The van der Waals surface area contributed by atoms with Crippen molar-refractivity contribution in [1.29, 1.82) is 0 Å². The van der Waals surface area contributed by atoms with Crippen LogP contribution in [0.15, 0.2) is 54.6 Å². The molecule has 5 rings (SSSR count). The van der Waals surface area contributed by atoms with Gasteiger partial charge in [-0.15, -0.1) is 0 Å². The van der Waals surface area contributed by atoms with Gasteiger partial charge in [0.2, 0.25) is 0 Å². The summed E-state index contributed by atoms with van der Waals surface area (Å²) < 4.78 is 26.2. The maximum atomic E-state index is 14.8. The highest BCUT2D eigenvalue weighted by Crippen LogP contribution is 2.38. The number of likely N-dealkylation sites (tertiary alicyclic amines) is 1. The molecule has 40 heavy (non-hydrogen) atoms. The van der Waals surface area contributed by atoms with Crippen molar-refractivity contribution < 1.29 is 19.0 Å². The van der Waals surface area contributed by atoms with Gasteiger partial charge in [0.05, 0.1) is 7.11 Å². The van der Waals surface area contributed by atoms with Crippen LogP contribution in [0, 0.1) is 5.82 Å². The minimum atomic E-state index is -0.292. The van der Waals surface area contributed by atoms with Gasteiger partial charge >= 0.3 is 0 Å². The van der Waals surface area contributed by atoms with E-state index in [1.807, 2.05) is 24.3 Å². The fraction of sp³-hybridized carbons (Fsp3) is 0.471. The van der Waals surface area contributed by atoms with Crippen LogP contribution in [-0.4, -0.2) is 49.9 Å². The van der Waals surface area contributed by atoms with E-state index in [0.29, 0.717) is 37.0 Å². The number of phenols is 1. The van der Waals surface area contributed by atoms with Crippen molar-refractivity contribution >= 4 is 5.69 Å². The number of aryl methyl sites for hydroxylation is 1. The Morgan fingerprint density at radius 2 is 1.77 bits per heavy atom. The number of hydrogen-bond donors (Lipinski definition) is 2. The second-order valence-corrected chi connectivity index (χ2v) is 11.2. The lowest BCUT2D eigenvalue weighted by Gasteiger charge is -2.27. The fourth-order valence-corrected chi connectivity index (χ4v) is 6.16. The smallest absolute Gasteiger partial charge is 0.165 e. The van der Waals surface area contributed by atoms with Gasteiger partial charge in [-0.2, -0.15) is 0 Å². The SMILES string of the molecule is COc1ccc(C2CCc3cc(O)ccc3C2)c(NCCc2ccc(OCCN3CCCCCCC3)c(F)c2)c1. The molecule has 1 aliphatic carbocycles.